The quantitative estimate of drug-likeness (QED) is 0.709. The van der Waals surface area contributed by atoms with Gasteiger partial charge in [0.05, 0.1) is 17.1 Å². The zero-order valence-electron chi connectivity index (χ0n) is 13.6. The van der Waals surface area contributed by atoms with Gasteiger partial charge in [0.15, 0.2) is 11.5 Å². The fraction of sp³-hybridized carbons (Fsp3) is 0.579. The standard InChI is InChI=1S/C19H23NO4/c1-2-8-20-9-7-18-15-11-3-4-12(21)16(15)24-17(18)13(22)5-6-19(18,23)14(20)10-11/h2-4,13-14,17,21-23H,1,5-10H2/t13-,14+,17+,18-,19+/m0/s1. The molecular formula is C19H23NO4. The number of rotatable bonds is 2. The number of aliphatic hydroxyl groups is 2. The molecule has 5 heteroatoms. The number of aromatic hydroxyl groups is 1. The van der Waals surface area contributed by atoms with Gasteiger partial charge in [-0.1, -0.05) is 12.1 Å². The van der Waals surface area contributed by atoms with Crippen LogP contribution >= 0.6 is 0 Å². The summed E-state index contributed by atoms with van der Waals surface area (Å²) in [5.74, 6) is 0.589. The van der Waals surface area contributed by atoms with Crippen molar-refractivity contribution in [3.05, 3.63) is 35.9 Å². The predicted octanol–water partition coefficient (Wildman–Crippen LogP) is 1.09. The first-order valence-corrected chi connectivity index (χ1v) is 8.80. The molecule has 5 rings (SSSR count). The molecule has 0 radical (unpaired) electrons. The molecule has 2 fully saturated rings. The molecule has 3 N–H and O–H groups in total. The summed E-state index contributed by atoms with van der Waals surface area (Å²) in [6.07, 6.45) is 3.33. The molecule has 0 aromatic heterocycles. The number of hydrogen-bond acceptors (Lipinski definition) is 5. The number of aliphatic hydroxyl groups excluding tert-OH is 1. The molecule has 1 spiro atoms. The molecule has 1 saturated carbocycles. The Morgan fingerprint density at radius 3 is 3.00 bits per heavy atom. The van der Waals surface area contributed by atoms with E-state index in [9.17, 15) is 15.3 Å². The number of piperidine rings is 1. The van der Waals surface area contributed by atoms with Crippen LogP contribution in [0.15, 0.2) is 24.8 Å². The number of ether oxygens (including phenoxy) is 1. The maximum atomic E-state index is 11.9. The van der Waals surface area contributed by atoms with Gasteiger partial charge in [-0.15, -0.1) is 6.58 Å². The first kappa shape index (κ1) is 14.8. The van der Waals surface area contributed by atoms with Gasteiger partial charge in [-0.3, -0.25) is 4.90 Å². The molecule has 5 atom stereocenters. The highest BCUT2D eigenvalue weighted by Crippen LogP contribution is 2.65. The summed E-state index contributed by atoms with van der Waals surface area (Å²) in [5.41, 5.74) is 0.518. The summed E-state index contributed by atoms with van der Waals surface area (Å²) in [5, 5.41) is 32.8. The first-order chi connectivity index (χ1) is 11.5. The zero-order chi connectivity index (χ0) is 16.7. The van der Waals surface area contributed by atoms with Crippen LogP contribution in [0, 0.1) is 0 Å². The average molecular weight is 329 g/mol. The maximum absolute atomic E-state index is 11.9. The molecule has 1 aromatic carbocycles. The average Bonchev–Trinajstić information content (AvgIpc) is 2.91. The number of likely N-dealkylation sites (tertiary alicyclic amines) is 1. The summed E-state index contributed by atoms with van der Waals surface area (Å²) in [7, 11) is 0. The number of phenols is 1. The Bertz CT molecular complexity index is 734. The predicted molar refractivity (Wildman–Crippen MR) is 88.3 cm³/mol. The molecule has 2 heterocycles. The molecule has 0 amide bonds. The molecule has 1 aromatic rings. The second-order valence-electron chi connectivity index (χ2n) is 7.74. The fourth-order valence-electron chi connectivity index (χ4n) is 5.99. The van der Waals surface area contributed by atoms with E-state index in [-0.39, 0.29) is 11.8 Å². The lowest BCUT2D eigenvalue weighted by Gasteiger charge is -2.63. The Kier molecular flexibility index (Phi) is 2.79. The molecular weight excluding hydrogens is 306 g/mol. The van der Waals surface area contributed by atoms with Gasteiger partial charge in [0, 0.05) is 18.2 Å². The normalized spacial score (nSPS) is 42.3. The van der Waals surface area contributed by atoms with Gasteiger partial charge in [-0.25, -0.2) is 0 Å². The summed E-state index contributed by atoms with van der Waals surface area (Å²) < 4.78 is 6.08. The van der Waals surface area contributed by atoms with E-state index in [1.165, 1.54) is 0 Å². The van der Waals surface area contributed by atoms with Crippen LogP contribution in [0.2, 0.25) is 0 Å². The highest BCUT2D eigenvalue weighted by Gasteiger charge is 2.72. The first-order valence-electron chi connectivity index (χ1n) is 8.80. The molecule has 0 unspecified atom stereocenters. The second kappa shape index (κ2) is 4.54. The number of benzene rings is 1. The lowest BCUT2D eigenvalue weighted by Crippen LogP contribution is -2.77. The van der Waals surface area contributed by atoms with Crippen LogP contribution < -0.4 is 4.74 Å². The van der Waals surface area contributed by atoms with Crippen LogP contribution in [-0.4, -0.2) is 57.2 Å². The number of nitrogens with zero attached hydrogens (tertiary/aromatic N) is 1. The Balaban J connectivity index is 1.78. The van der Waals surface area contributed by atoms with Crippen molar-refractivity contribution in [3.8, 4) is 11.5 Å². The lowest BCUT2D eigenvalue weighted by molar-refractivity contribution is -0.206. The zero-order valence-corrected chi connectivity index (χ0v) is 13.6. The minimum Gasteiger partial charge on any atom is -0.504 e. The summed E-state index contributed by atoms with van der Waals surface area (Å²) in [6.45, 7) is 5.44. The Morgan fingerprint density at radius 2 is 2.21 bits per heavy atom. The smallest absolute Gasteiger partial charge is 0.165 e. The SMILES string of the molecule is C=CCN1CC[C@]23c4c5ccc(O)c4O[C@@H]2[C@@H](O)CC[C@@]3(O)[C@H]1C5. The van der Waals surface area contributed by atoms with Crippen LogP contribution in [0.5, 0.6) is 11.5 Å². The van der Waals surface area contributed by atoms with E-state index < -0.39 is 23.2 Å². The van der Waals surface area contributed by atoms with Crippen molar-refractivity contribution in [1.29, 1.82) is 0 Å². The van der Waals surface area contributed by atoms with Gasteiger partial charge in [0.1, 0.15) is 6.10 Å². The largest absolute Gasteiger partial charge is 0.504 e. The highest BCUT2D eigenvalue weighted by molar-refractivity contribution is 5.62. The van der Waals surface area contributed by atoms with E-state index in [1.807, 2.05) is 12.1 Å². The van der Waals surface area contributed by atoms with Crippen LogP contribution in [-0.2, 0) is 11.8 Å². The monoisotopic (exact) mass is 329 g/mol. The minimum absolute atomic E-state index is 0.00848. The van der Waals surface area contributed by atoms with Gasteiger partial charge in [-0.05, 0) is 43.9 Å². The van der Waals surface area contributed by atoms with E-state index in [2.05, 4.69) is 11.5 Å². The van der Waals surface area contributed by atoms with Crippen molar-refractivity contribution >= 4 is 0 Å². The molecule has 1 saturated heterocycles. The van der Waals surface area contributed by atoms with Crippen LogP contribution in [0.4, 0.5) is 0 Å². The van der Waals surface area contributed by atoms with Gasteiger partial charge in [0.2, 0.25) is 0 Å². The van der Waals surface area contributed by atoms with Crippen LogP contribution in [0.1, 0.15) is 30.4 Å². The fourth-order valence-corrected chi connectivity index (χ4v) is 5.99. The van der Waals surface area contributed by atoms with E-state index in [4.69, 9.17) is 4.74 Å². The topological polar surface area (TPSA) is 73.2 Å². The van der Waals surface area contributed by atoms with Crippen molar-refractivity contribution in [2.75, 3.05) is 13.1 Å². The molecule has 4 aliphatic rings. The van der Waals surface area contributed by atoms with E-state index in [0.29, 0.717) is 18.6 Å². The third-order valence-corrected chi connectivity index (χ3v) is 6.91. The van der Waals surface area contributed by atoms with Crippen molar-refractivity contribution in [2.45, 2.75) is 54.9 Å². The molecule has 2 aliphatic carbocycles. The summed E-state index contributed by atoms with van der Waals surface area (Å²) in [6, 6.07) is 3.62. The Morgan fingerprint density at radius 1 is 1.38 bits per heavy atom. The van der Waals surface area contributed by atoms with Crippen molar-refractivity contribution < 1.29 is 20.1 Å². The van der Waals surface area contributed by atoms with Crippen molar-refractivity contribution in [3.63, 3.8) is 0 Å². The van der Waals surface area contributed by atoms with Crippen molar-refractivity contribution in [1.82, 2.24) is 4.90 Å². The molecule has 2 aliphatic heterocycles. The second-order valence-corrected chi connectivity index (χ2v) is 7.74. The summed E-state index contributed by atoms with van der Waals surface area (Å²) >= 11 is 0. The van der Waals surface area contributed by atoms with Gasteiger partial charge in [-0.2, -0.15) is 0 Å². The van der Waals surface area contributed by atoms with Crippen LogP contribution in [0.3, 0.4) is 0 Å². The van der Waals surface area contributed by atoms with E-state index in [1.54, 1.807) is 6.07 Å². The van der Waals surface area contributed by atoms with Gasteiger partial charge < -0.3 is 20.1 Å². The Labute approximate surface area is 141 Å². The van der Waals surface area contributed by atoms with Gasteiger partial charge >= 0.3 is 0 Å². The third-order valence-electron chi connectivity index (χ3n) is 6.91. The van der Waals surface area contributed by atoms with E-state index >= 15 is 0 Å². The van der Waals surface area contributed by atoms with Crippen LogP contribution in [0.25, 0.3) is 0 Å². The summed E-state index contributed by atoms with van der Waals surface area (Å²) in [4.78, 5) is 2.31. The van der Waals surface area contributed by atoms with Crippen molar-refractivity contribution in [2.24, 2.45) is 0 Å². The Hall–Kier alpha value is -1.56. The van der Waals surface area contributed by atoms with Gasteiger partial charge in [0.25, 0.3) is 0 Å². The third kappa shape index (κ3) is 1.43. The minimum atomic E-state index is -0.940. The maximum Gasteiger partial charge on any atom is 0.165 e. The number of phenolic OH excluding ortho intramolecular Hbond substituents is 1. The number of hydrogen-bond donors (Lipinski definition) is 3. The highest BCUT2D eigenvalue weighted by atomic mass is 16.5. The molecule has 5 nitrogen and oxygen atoms in total. The molecule has 128 valence electrons. The van der Waals surface area contributed by atoms with E-state index in [0.717, 1.165) is 37.1 Å². The molecule has 2 bridgehead atoms. The molecule has 24 heavy (non-hydrogen) atoms. The lowest BCUT2D eigenvalue weighted by atomic mass is 9.48.